The van der Waals surface area contributed by atoms with E-state index < -0.39 is 0 Å². The summed E-state index contributed by atoms with van der Waals surface area (Å²) in [6.07, 6.45) is 0.858. The van der Waals surface area contributed by atoms with Crippen LogP contribution in [0, 0.1) is 0 Å². The molecule has 0 fully saturated rings. The topological polar surface area (TPSA) is 40.6 Å². The molecule has 0 saturated carbocycles. The van der Waals surface area contributed by atoms with Gasteiger partial charge in [0.15, 0.2) is 11.5 Å². The lowest BCUT2D eigenvalue weighted by atomic mass is 9.94. The van der Waals surface area contributed by atoms with Crippen LogP contribution in [0.15, 0.2) is 30.3 Å². The largest absolute Gasteiger partial charge is 0.486 e. The van der Waals surface area contributed by atoms with Crippen LogP contribution in [0.25, 0.3) is 0 Å². The molecule has 2 heterocycles. The molecule has 0 bridgehead atoms. The lowest BCUT2D eigenvalue weighted by Crippen LogP contribution is -2.15. The predicted octanol–water partition coefficient (Wildman–Crippen LogP) is 4.33. The number of rotatable bonds is 5. The Hall–Kier alpha value is -2.23. The zero-order valence-electron chi connectivity index (χ0n) is 14.8. The van der Waals surface area contributed by atoms with Gasteiger partial charge in [-0.1, -0.05) is 26.8 Å². The Kier molecular flexibility index (Phi) is 4.93. The number of hydrogen-bond donors (Lipinski definition) is 0. The molecule has 4 nitrogen and oxygen atoms in total. The minimum atomic E-state index is 0.334. The Morgan fingerprint density at radius 2 is 1.75 bits per heavy atom. The molecule has 2 aromatic rings. The van der Waals surface area contributed by atoms with Crippen LogP contribution < -0.4 is 14.2 Å². The first-order valence-corrected chi connectivity index (χ1v) is 8.51. The van der Waals surface area contributed by atoms with Gasteiger partial charge in [-0.15, -0.1) is 0 Å². The highest BCUT2D eigenvalue weighted by atomic mass is 16.6. The molecule has 1 aliphatic rings. The first kappa shape index (κ1) is 16.6. The molecular formula is C20H25NO3. The number of ether oxygens (including phenoxy) is 3. The van der Waals surface area contributed by atoms with E-state index in [2.05, 4.69) is 44.0 Å². The summed E-state index contributed by atoms with van der Waals surface area (Å²) in [4.78, 5) is 4.61. The number of hydrogen-bond acceptors (Lipinski definition) is 4. The molecule has 1 aliphatic heterocycles. The SMILES string of the molecule is COc1cc(C(C)C)cc(CC(C)c2ccc3c(c2)OCCO3)n1. The predicted molar refractivity (Wildman–Crippen MR) is 94.4 cm³/mol. The molecule has 24 heavy (non-hydrogen) atoms. The third-order valence-electron chi connectivity index (χ3n) is 4.40. The van der Waals surface area contributed by atoms with Crippen molar-refractivity contribution in [3.05, 3.63) is 47.2 Å². The fraction of sp³-hybridized carbons (Fsp3) is 0.450. The van der Waals surface area contributed by atoms with Crippen molar-refractivity contribution in [3.63, 3.8) is 0 Å². The van der Waals surface area contributed by atoms with Crippen molar-refractivity contribution in [1.29, 1.82) is 0 Å². The van der Waals surface area contributed by atoms with Crippen molar-refractivity contribution in [3.8, 4) is 17.4 Å². The first-order valence-electron chi connectivity index (χ1n) is 8.51. The van der Waals surface area contributed by atoms with Gasteiger partial charge in [0.05, 0.1) is 7.11 Å². The Morgan fingerprint density at radius 1 is 1.00 bits per heavy atom. The second kappa shape index (κ2) is 7.12. The molecule has 1 aromatic carbocycles. The fourth-order valence-electron chi connectivity index (χ4n) is 2.92. The quantitative estimate of drug-likeness (QED) is 0.819. The number of nitrogens with zero attached hydrogens (tertiary/aromatic N) is 1. The van der Waals surface area contributed by atoms with E-state index in [1.165, 1.54) is 11.1 Å². The van der Waals surface area contributed by atoms with Gasteiger partial charge in [0.2, 0.25) is 5.88 Å². The van der Waals surface area contributed by atoms with Crippen LogP contribution in [0.5, 0.6) is 17.4 Å². The van der Waals surface area contributed by atoms with E-state index in [9.17, 15) is 0 Å². The number of methoxy groups -OCH3 is 1. The smallest absolute Gasteiger partial charge is 0.213 e. The van der Waals surface area contributed by atoms with E-state index in [-0.39, 0.29) is 0 Å². The zero-order chi connectivity index (χ0) is 17.1. The van der Waals surface area contributed by atoms with Crippen LogP contribution in [0.2, 0.25) is 0 Å². The Morgan fingerprint density at radius 3 is 2.46 bits per heavy atom. The number of fused-ring (bicyclic) bond motifs is 1. The van der Waals surface area contributed by atoms with E-state index in [4.69, 9.17) is 14.2 Å². The molecule has 3 rings (SSSR count). The third-order valence-corrected chi connectivity index (χ3v) is 4.40. The highest BCUT2D eigenvalue weighted by Crippen LogP contribution is 2.34. The molecule has 0 spiro atoms. The van der Waals surface area contributed by atoms with Gasteiger partial charge in [-0.3, -0.25) is 0 Å². The molecular weight excluding hydrogens is 302 g/mol. The molecule has 128 valence electrons. The maximum atomic E-state index is 5.69. The maximum absolute atomic E-state index is 5.69. The van der Waals surface area contributed by atoms with Crippen molar-refractivity contribution in [1.82, 2.24) is 4.98 Å². The van der Waals surface area contributed by atoms with Gasteiger partial charge in [-0.25, -0.2) is 4.98 Å². The first-order chi connectivity index (χ1) is 11.6. The minimum Gasteiger partial charge on any atom is -0.486 e. The molecule has 0 radical (unpaired) electrons. The second-order valence-corrected chi connectivity index (χ2v) is 6.60. The molecule has 0 N–H and O–H groups in total. The summed E-state index contributed by atoms with van der Waals surface area (Å²) >= 11 is 0. The van der Waals surface area contributed by atoms with Gasteiger partial charge in [0, 0.05) is 11.8 Å². The molecule has 1 aromatic heterocycles. The fourth-order valence-corrected chi connectivity index (χ4v) is 2.92. The number of pyridine rings is 1. The van der Waals surface area contributed by atoms with Gasteiger partial charge in [0.25, 0.3) is 0 Å². The van der Waals surface area contributed by atoms with Crippen molar-refractivity contribution in [2.75, 3.05) is 20.3 Å². The summed E-state index contributed by atoms with van der Waals surface area (Å²) in [5.41, 5.74) is 3.54. The molecule has 4 heteroatoms. The molecule has 1 atom stereocenters. The van der Waals surface area contributed by atoms with Crippen LogP contribution in [-0.2, 0) is 6.42 Å². The van der Waals surface area contributed by atoms with Crippen molar-refractivity contribution < 1.29 is 14.2 Å². The molecule has 0 aliphatic carbocycles. The second-order valence-electron chi connectivity index (χ2n) is 6.60. The Bertz CT molecular complexity index is 712. The maximum Gasteiger partial charge on any atom is 0.213 e. The lowest BCUT2D eigenvalue weighted by molar-refractivity contribution is 0.171. The third kappa shape index (κ3) is 3.64. The average molecular weight is 327 g/mol. The number of benzene rings is 1. The molecule has 0 amide bonds. The average Bonchev–Trinajstić information content (AvgIpc) is 2.60. The van der Waals surface area contributed by atoms with Crippen molar-refractivity contribution in [2.24, 2.45) is 0 Å². The van der Waals surface area contributed by atoms with Gasteiger partial charge in [-0.05, 0) is 47.6 Å². The zero-order valence-corrected chi connectivity index (χ0v) is 14.8. The highest BCUT2D eigenvalue weighted by molar-refractivity contribution is 5.45. The normalized spacial score (nSPS) is 14.5. The standard InChI is InChI=1S/C20H25NO3/c1-13(2)16-10-17(21-20(12-16)22-4)9-14(3)15-5-6-18-19(11-15)24-8-7-23-18/h5-6,10-14H,7-9H2,1-4H3. The lowest BCUT2D eigenvalue weighted by Gasteiger charge is -2.20. The summed E-state index contributed by atoms with van der Waals surface area (Å²) in [7, 11) is 1.67. The molecule has 1 unspecified atom stereocenters. The van der Waals surface area contributed by atoms with Crippen LogP contribution >= 0.6 is 0 Å². The summed E-state index contributed by atoms with van der Waals surface area (Å²) in [6, 6.07) is 10.4. The van der Waals surface area contributed by atoms with Crippen molar-refractivity contribution in [2.45, 2.75) is 39.0 Å². The molecule has 0 saturated heterocycles. The summed E-state index contributed by atoms with van der Waals surface area (Å²) in [5.74, 6) is 3.14. The number of aromatic nitrogens is 1. The van der Waals surface area contributed by atoms with Gasteiger partial charge in [0.1, 0.15) is 13.2 Å². The van der Waals surface area contributed by atoms with Crippen LogP contribution in [-0.4, -0.2) is 25.3 Å². The van der Waals surface area contributed by atoms with Gasteiger partial charge < -0.3 is 14.2 Å². The van der Waals surface area contributed by atoms with Gasteiger partial charge in [-0.2, -0.15) is 0 Å². The van der Waals surface area contributed by atoms with Crippen molar-refractivity contribution >= 4 is 0 Å². The summed E-state index contributed by atoms with van der Waals surface area (Å²) < 4.78 is 16.6. The summed E-state index contributed by atoms with van der Waals surface area (Å²) in [6.45, 7) is 7.81. The Labute approximate surface area is 143 Å². The highest BCUT2D eigenvalue weighted by Gasteiger charge is 2.16. The van der Waals surface area contributed by atoms with Crippen LogP contribution in [0.1, 0.15) is 49.4 Å². The van der Waals surface area contributed by atoms with E-state index in [1.54, 1.807) is 7.11 Å². The van der Waals surface area contributed by atoms with E-state index in [1.807, 2.05) is 12.1 Å². The monoisotopic (exact) mass is 327 g/mol. The van der Waals surface area contributed by atoms with E-state index >= 15 is 0 Å². The van der Waals surface area contributed by atoms with Gasteiger partial charge >= 0.3 is 0 Å². The van der Waals surface area contributed by atoms with Crippen LogP contribution in [0.3, 0.4) is 0 Å². The van der Waals surface area contributed by atoms with Crippen LogP contribution in [0.4, 0.5) is 0 Å². The minimum absolute atomic E-state index is 0.334. The Balaban J connectivity index is 1.81. The summed E-state index contributed by atoms with van der Waals surface area (Å²) in [5, 5.41) is 0. The van der Waals surface area contributed by atoms with E-state index in [0.717, 1.165) is 23.6 Å². The van der Waals surface area contributed by atoms with E-state index in [0.29, 0.717) is 30.9 Å².